The Bertz CT molecular complexity index is 333. The largest absolute Gasteiger partial charge is 0.295 e. The Morgan fingerprint density at radius 1 is 1.06 bits per heavy atom. The molecule has 0 aromatic rings. The van der Waals surface area contributed by atoms with Gasteiger partial charge in [0, 0.05) is 30.7 Å². The maximum Gasteiger partial charge on any atom is 0.211 e. The Morgan fingerprint density at radius 3 is 1.69 bits per heavy atom. The molecule has 2 atom stereocenters. The molecule has 0 radical (unpaired) electrons. The van der Waals surface area contributed by atoms with Gasteiger partial charge in [-0.1, -0.05) is 0 Å². The van der Waals surface area contributed by atoms with Crippen molar-refractivity contribution in [1.29, 1.82) is 0 Å². The van der Waals surface area contributed by atoms with E-state index in [9.17, 15) is 8.42 Å². The standard InChI is InChI=1S/C11H24N2O2S/c1-9-7-12(11(3,4)5)8-10(2)13(9)16(6,14)15/h9-10H,7-8H2,1-6H3. The SMILES string of the molecule is CC1CN(C(C)(C)C)CC(C)N1S(C)(=O)=O. The van der Waals surface area contributed by atoms with Gasteiger partial charge in [-0.3, -0.25) is 4.90 Å². The first kappa shape index (κ1) is 13.9. The molecule has 1 heterocycles. The molecule has 1 aliphatic heterocycles. The van der Waals surface area contributed by atoms with E-state index in [2.05, 4.69) is 25.7 Å². The van der Waals surface area contributed by atoms with Crippen LogP contribution in [0, 0.1) is 0 Å². The van der Waals surface area contributed by atoms with E-state index in [0.717, 1.165) is 13.1 Å². The van der Waals surface area contributed by atoms with Crippen molar-refractivity contribution in [2.75, 3.05) is 19.3 Å². The van der Waals surface area contributed by atoms with Crippen molar-refractivity contribution >= 4 is 10.0 Å². The summed E-state index contributed by atoms with van der Waals surface area (Å²) in [6.07, 6.45) is 1.30. The zero-order chi connectivity index (χ0) is 12.7. The third kappa shape index (κ3) is 2.96. The lowest BCUT2D eigenvalue weighted by Gasteiger charge is -2.48. The normalized spacial score (nSPS) is 30.6. The first-order valence-corrected chi connectivity index (χ1v) is 7.62. The molecule has 5 heteroatoms. The van der Waals surface area contributed by atoms with Crippen molar-refractivity contribution in [1.82, 2.24) is 9.21 Å². The van der Waals surface area contributed by atoms with Crippen LogP contribution in [0.2, 0.25) is 0 Å². The molecule has 0 amide bonds. The van der Waals surface area contributed by atoms with Crippen molar-refractivity contribution in [3.05, 3.63) is 0 Å². The second-order valence-electron chi connectivity index (χ2n) is 5.87. The fraction of sp³-hybridized carbons (Fsp3) is 1.00. The number of hydrogen-bond acceptors (Lipinski definition) is 3. The summed E-state index contributed by atoms with van der Waals surface area (Å²) in [6.45, 7) is 12.1. The number of hydrogen-bond donors (Lipinski definition) is 0. The second kappa shape index (κ2) is 4.27. The molecule has 1 fully saturated rings. The molecule has 0 spiro atoms. The van der Waals surface area contributed by atoms with Crippen LogP contribution in [0.4, 0.5) is 0 Å². The van der Waals surface area contributed by atoms with Crippen molar-refractivity contribution in [3.8, 4) is 0 Å². The summed E-state index contributed by atoms with van der Waals surface area (Å²) in [7, 11) is -3.09. The molecule has 0 saturated carbocycles. The summed E-state index contributed by atoms with van der Waals surface area (Å²) < 4.78 is 25.0. The van der Waals surface area contributed by atoms with Gasteiger partial charge in [-0.15, -0.1) is 0 Å². The Kier molecular flexibility index (Phi) is 3.72. The highest BCUT2D eigenvalue weighted by Gasteiger charge is 2.38. The molecular formula is C11H24N2O2S. The highest BCUT2D eigenvalue weighted by Crippen LogP contribution is 2.24. The van der Waals surface area contributed by atoms with Gasteiger partial charge in [-0.05, 0) is 34.6 Å². The van der Waals surface area contributed by atoms with Crippen LogP contribution in [0.5, 0.6) is 0 Å². The fourth-order valence-corrected chi connectivity index (χ4v) is 3.95. The van der Waals surface area contributed by atoms with E-state index >= 15 is 0 Å². The summed E-state index contributed by atoms with van der Waals surface area (Å²) in [4.78, 5) is 2.35. The highest BCUT2D eigenvalue weighted by atomic mass is 32.2. The van der Waals surface area contributed by atoms with E-state index in [1.165, 1.54) is 6.26 Å². The number of rotatable bonds is 1. The summed E-state index contributed by atoms with van der Waals surface area (Å²) in [5, 5.41) is 0. The van der Waals surface area contributed by atoms with Crippen LogP contribution in [-0.2, 0) is 10.0 Å². The highest BCUT2D eigenvalue weighted by molar-refractivity contribution is 7.88. The lowest BCUT2D eigenvalue weighted by molar-refractivity contribution is 0.0369. The quantitative estimate of drug-likeness (QED) is 0.699. The van der Waals surface area contributed by atoms with E-state index in [0.29, 0.717) is 0 Å². The average Bonchev–Trinajstić information content (AvgIpc) is 1.97. The average molecular weight is 248 g/mol. The van der Waals surface area contributed by atoms with Gasteiger partial charge in [0.2, 0.25) is 10.0 Å². The zero-order valence-electron chi connectivity index (χ0n) is 11.2. The second-order valence-corrected chi connectivity index (χ2v) is 7.75. The smallest absolute Gasteiger partial charge is 0.211 e. The molecule has 1 saturated heterocycles. The molecule has 0 aliphatic carbocycles. The number of nitrogens with zero attached hydrogens (tertiary/aromatic N) is 2. The Balaban J connectivity index is 2.88. The van der Waals surface area contributed by atoms with Crippen LogP contribution < -0.4 is 0 Å². The molecule has 16 heavy (non-hydrogen) atoms. The van der Waals surface area contributed by atoms with Gasteiger partial charge in [0.1, 0.15) is 0 Å². The predicted molar refractivity (Wildman–Crippen MR) is 66.9 cm³/mol. The predicted octanol–water partition coefficient (Wildman–Crippen LogP) is 1.14. The van der Waals surface area contributed by atoms with Crippen LogP contribution >= 0.6 is 0 Å². The van der Waals surface area contributed by atoms with Crippen LogP contribution in [0.3, 0.4) is 0 Å². The van der Waals surface area contributed by atoms with Gasteiger partial charge in [0.05, 0.1) is 6.26 Å². The van der Waals surface area contributed by atoms with Crippen LogP contribution in [-0.4, -0.2) is 54.6 Å². The Labute approximate surface area is 99.7 Å². The summed E-state index contributed by atoms with van der Waals surface area (Å²) in [5.41, 5.74) is 0.103. The molecule has 0 aromatic heterocycles. The zero-order valence-corrected chi connectivity index (χ0v) is 12.0. The van der Waals surface area contributed by atoms with Crippen molar-refractivity contribution < 1.29 is 8.42 Å². The van der Waals surface area contributed by atoms with Crippen molar-refractivity contribution in [2.24, 2.45) is 0 Å². The number of piperazine rings is 1. The Morgan fingerprint density at radius 2 is 1.44 bits per heavy atom. The molecule has 0 N–H and O–H groups in total. The van der Waals surface area contributed by atoms with Gasteiger partial charge in [0.15, 0.2) is 0 Å². The van der Waals surface area contributed by atoms with E-state index in [1.54, 1.807) is 4.31 Å². The summed E-state index contributed by atoms with van der Waals surface area (Å²) >= 11 is 0. The van der Waals surface area contributed by atoms with Crippen LogP contribution in [0.15, 0.2) is 0 Å². The Hall–Kier alpha value is -0.130. The van der Waals surface area contributed by atoms with Gasteiger partial charge >= 0.3 is 0 Å². The lowest BCUT2D eigenvalue weighted by Crippen LogP contribution is -2.62. The molecule has 2 unspecified atom stereocenters. The first-order chi connectivity index (χ1) is 7.03. The molecule has 0 bridgehead atoms. The maximum atomic E-state index is 11.7. The molecular weight excluding hydrogens is 224 g/mol. The third-order valence-corrected chi connectivity index (χ3v) is 4.66. The lowest BCUT2D eigenvalue weighted by atomic mass is 10.0. The van der Waals surface area contributed by atoms with E-state index in [1.807, 2.05) is 13.8 Å². The molecule has 4 nitrogen and oxygen atoms in total. The minimum absolute atomic E-state index is 0.0537. The monoisotopic (exact) mass is 248 g/mol. The van der Waals surface area contributed by atoms with E-state index in [4.69, 9.17) is 0 Å². The molecule has 1 aliphatic rings. The van der Waals surface area contributed by atoms with Crippen molar-refractivity contribution in [2.45, 2.75) is 52.2 Å². The minimum atomic E-state index is -3.09. The third-order valence-electron chi connectivity index (χ3n) is 3.17. The topological polar surface area (TPSA) is 40.6 Å². The van der Waals surface area contributed by atoms with Gasteiger partial charge in [0.25, 0.3) is 0 Å². The van der Waals surface area contributed by atoms with Crippen LogP contribution in [0.25, 0.3) is 0 Å². The summed E-state index contributed by atoms with van der Waals surface area (Å²) in [5.74, 6) is 0. The maximum absolute atomic E-state index is 11.7. The molecule has 1 rings (SSSR count). The van der Waals surface area contributed by atoms with Gasteiger partial charge in [-0.25, -0.2) is 8.42 Å². The van der Waals surface area contributed by atoms with Gasteiger partial charge in [-0.2, -0.15) is 4.31 Å². The molecule has 96 valence electrons. The number of sulfonamides is 1. The van der Waals surface area contributed by atoms with Crippen LogP contribution in [0.1, 0.15) is 34.6 Å². The van der Waals surface area contributed by atoms with Gasteiger partial charge < -0.3 is 0 Å². The summed E-state index contributed by atoms with van der Waals surface area (Å²) in [6, 6.07) is 0.107. The first-order valence-electron chi connectivity index (χ1n) is 5.77. The van der Waals surface area contributed by atoms with E-state index in [-0.39, 0.29) is 17.6 Å². The van der Waals surface area contributed by atoms with E-state index < -0.39 is 10.0 Å². The van der Waals surface area contributed by atoms with Crippen molar-refractivity contribution in [3.63, 3.8) is 0 Å². The minimum Gasteiger partial charge on any atom is -0.295 e. The fourth-order valence-electron chi connectivity index (χ4n) is 2.51. The molecule has 0 aromatic carbocycles.